The summed E-state index contributed by atoms with van der Waals surface area (Å²) in [5.41, 5.74) is 0. The maximum absolute atomic E-state index is 11.9. The predicted octanol–water partition coefficient (Wildman–Crippen LogP) is 3.78. The summed E-state index contributed by atoms with van der Waals surface area (Å²) in [5, 5.41) is 0. The highest BCUT2D eigenvalue weighted by atomic mass is 28.4. The summed E-state index contributed by atoms with van der Waals surface area (Å²) in [6.45, 7) is 11.3. The van der Waals surface area contributed by atoms with Crippen LogP contribution in [0.25, 0.3) is 0 Å². The zero-order valence-corrected chi connectivity index (χ0v) is 15.1. The van der Waals surface area contributed by atoms with Gasteiger partial charge in [0, 0.05) is 6.61 Å². The Labute approximate surface area is 136 Å². The van der Waals surface area contributed by atoms with E-state index in [9.17, 15) is 9.59 Å². The quantitative estimate of drug-likeness (QED) is 0.249. The third-order valence-electron chi connectivity index (χ3n) is 2.73. The van der Waals surface area contributed by atoms with Crippen molar-refractivity contribution in [3.05, 3.63) is 0 Å². The smallest absolute Gasteiger partial charge is 0.320 e. The first-order chi connectivity index (χ1) is 9.81. The third-order valence-corrected chi connectivity index (χ3v) is 3.80. The fraction of sp³-hybridized carbons (Fsp3) is 0.875. The first-order valence-electron chi connectivity index (χ1n) is 7.79. The number of unbranched alkanes of at least 4 members (excludes halogenated alkanes) is 1. The molecule has 0 spiro atoms. The lowest BCUT2D eigenvalue weighted by Gasteiger charge is -2.18. The number of rotatable bonds is 11. The van der Waals surface area contributed by atoms with Crippen molar-refractivity contribution in [1.82, 2.24) is 0 Å². The van der Waals surface area contributed by atoms with E-state index in [0.717, 1.165) is 19.3 Å². The van der Waals surface area contributed by atoms with Crippen molar-refractivity contribution in [3.63, 3.8) is 0 Å². The molecule has 0 saturated carbocycles. The molecule has 0 aliphatic heterocycles. The minimum atomic E-state index is -1.49. The molecule has 0 radical (unpaired) electrons. The van der Waals surface area contributed by atoms with Crippen molar-refractivity contribution in [2.24, 2.45) is 5.92 Å². The van der Waals surface area contributed by atoms with Gasteiger partial charge in [-0.2, -0.15) is 0 Å². The molecule has 0 aliphatic carbocycles. The van der Waals surface area contributed by atoms with Gasteiger partial charge < -0.3 is 13.9 Å². The zero-order valence-electron chi connectivity index (χ0n) is 14.1. The fourth-order valence-corrected chi connectivity index (χ4v) is 2.46. The Morgan fingerprint density at radius 3 is 2.05 bits per heavy atom. The molecule has 0 N–H and O–H groups in total. The minimum Gasteiger partial charge on any atom is -0.465 e. The van der Waals surface area contributed by atoms with Crippen LogP contribution in [-0.2, 0) is 23.5 Å². The highest BCUT2D eigenvalue weighted by molar-refractivity contribution is 6.69. The summed E-state index contributed by atoms with van der Waals surface area (Å²) in [4.78, 5) is 23.7. The van der Waals surface area contributed by atoms with Crippen LogP contribution in [0, 0.1) is 5.92 Å². The van der Waals surface area contributed by atoms with Crippen molar-refractivity contribution in [1.29, 1.82) is 0 Å². The Morgan fingerprint density at radius 1 is 0.955 bits per heavy atom. The largest absolute Gasteiger partial charge is 0.465 e. The lowest BCUT2D eigenvalue weighted by Crippen LogP contribution is -2.29. The molecule has 132 valence electrons. The van der Waals surface area contributed by atoms with Crippen molar-refractivity contribution >= 4 is 20.3 Å². The fourth-order valence-electron chi connectivity index (χ4n) is 1.71. The minimum absolute atomic E-state index is 0. The van der Waals surface area contributed by atoms with Crippen LogP contribution in [0.2, 0.25) is 19.6 Å². The summed E-state index contributed by atoms with van der Waals surface area (Å²) in [5.74, 6) is -1.76. The van der Waals surface area contributed by atoms with Crippen LogP contribution in [0.4, 0.5) is 0 Å². The van der Waals surface area contributed by atoms with Gasteiger partial charge in [0.15, 0.2) is 14.2 Å². The van der Waals surface area contributed by atoms with Crippen LogP contribution < -0.4 is 0 Å². The van der Waals surface area contributed by atoms with Gasteiger partial charge in [-0.15, -0.1) is 0 Å². The van der Waals surface area contributed by atoms with Crippen LogP contribution >= 0.6 is 0 Å². The molecule has 0 aromatic rings. The first-order valence-corrected chi connectivity index (χ1v) is 11.2. The molecule has 0 rings (SSSR count). The lowest BCUT2D eigenvalue weighted by molar-refractivity contribution is -0.162. The van der Waals surface area contributed by atoms with Crippen molar-refractivity contribution < 1.29 is 23.5 Å². The lowest BCUT2D eigenvalue weighted by atomic mass is 10.0. The summed E-state index contributed by atoms with van der Waals surface area (Å²) >= 11 is 0. The van der Waals surface area contributed by atoms with E-state index in [1.54, 1.807) is 6.92 Å². The monoisotopic (exact) mass is 334 g/mol. The third kappa shape index (κ3) is 11.7. The van der Waals surface area contributed by atoms with E-state index in [4.69, 9.17) is 13.9 Å². The van der Waals surface area contributed by atoms with Crippen molar-refractivity contribution in [2.45, 2.75) is 66.6 Å². The van der Waals surface area contributed by atoms with E-state index in [2.05, 4.69) is 19.6 Å². The van der Waals surface area contributed by atoms with E-state index in [1.165, 1.54) is 0 Å². The zero-order chi connectivity index (χ0) is 16.3. The average Bonchev–Trinajstić information content (AvgIpc) is 2.39. The standard InChI is InChI=1S/C15H30O5Si.CH4/c1-6-11-19-15(17)13(14(16)18-7-2)10-8-9-12-20-21(3,4)5;/h13H,6-12H2,1-5H3;1H4. The van der Waals surface area contributed by atoms with Crippen LogP contribution in [0.1, 0.15) is 47.0 Å². The molecule has 0 bridgehead atoms. The van der Waals surface area contributed by atoms with Gasteiger partial charge in [0.05, 0.1) is 13.2 Å². The van der Waals surface area contributed by atoms with E-state index in [0.29, 0.717) is 19.6 Å². The molecule has 0 fully saturated rings. The van der Waals surface area contributed by atoms with Gasteiger partial charge in [-0.25, -0.2) is 0 Å². The second-order valence-electron chi connectivity index (χ2n) is 5.93. The molecule has 0 amide bonds. The van der Waals surface area contributed by atoms with Gasteiger partial charge in [0.2, 0.25) is 0 Å². The molecule has 0 heterocycles. The molecule has 6 heteroatoms. The number of esters is 2. The van der Waals surface area contributed by atoms with Crippen LogP contribution in [0.3, 0.4) is 0 Å². The van der Waals surface area contributed by atoms with Crippen LogP contribution in [0.5, 0.6) is 0 Å². The van der Waals surface area contributed by atoms with Gasteiger partial charge in [0.1, 0.15) is 0 Å². The van der Waals surface area contributed by atoms with E-state index < -0.39 is 26.2 Å². The topological polar surface area (TPSA) is 61.8 Å². The SMILES string of the molecule is C.CCCOC(=O)C(CCCCO[Si](C)(C)C)C(=O)OCC. The summed E-state index contributed by atoms with van der Waals surface area (Å²) in [7, 11) is -1.49. The maximum atomic E-state index is 11.9. The number of ether oxygens (including phenoxy) is 2. The highest BCUT2D eigenvalue weighted by Gasteiger charge is 2.29. The van der Waals surface area contributed by atoms with Gasteiger partial charge >= 0.3 is 11.9 Å². The molecule has 0 aliphatic rings. The number of hydrogen-bond acceptors (Lipinski definition) is 5. The van der Waals surface area contributed by atoms with Crippen molar-refractivity contribution in [3.8, 4) is 0 Å². The Kier molecular flexibility index (Phi) is 13.4. The van der Waals surface area contributed by atoms with Crippen LogP contribution in [0.15, 0.2) is 0 Å². The maximum Gasteiger partial charge on any atom is 0.320 e. The molecular formula is C16H34O5Si. The average molecular weight is 335 g/mol. The van der Waals surface area contributed by atoms with E-state index in [1.807, 2.05) is 6.92 Å². The van der Waals surface area contributed by atoms with Gasteiger partial charge in [-0.05, 0) is 52.2 Å². The van der Waals surface area contributed by atoms with Gasteiger partial charge in [0.25, 0.3) is 0 Å². The number of hydrogen-bond donors (Lipinski definition) is 0. The predicted molar refractivity (Wildman–Crippen MR) is 91.3 cm³/mol. The van der Waals surface area contributed by atoms with E-state index in [-0.39, 0.29) is 14.0 Å². The molecular weight excluding hydrogens is 300 g/mol. The van der Waals surface area contributed by atoms with Crippen LogP contribution in [-0.4, -0.2) is 40.1 Å². The Hall–Kier alpha value is -0.883. The highest BCUT2D eigenvalue weighted by Crippen LogP contribution is 2.14. The Balaban J connectivity index is 0. The number of carbonyl (C=O) groups excluding carboxylic acids is 2. The van der Waals surface area contributed by atoms with E-state index >= 15 is 0 Å². The first kappa shape index (κ1) is 23.4. The van der Waals surface area contributed by atoms with Crippen molar-refractivity contribution in [2.75, 3.05) is 19.8 Å². The summed E-state index contributed by atoms with van der Waals surface area (Å²) in [6, 6.07) is 0. The second kappa shape index (κ2) is 12.6. The molecule has 1 unspecified atom stereocenters. The molecule has 0 saturated heterocycles. The molecule has 0 aromatic carbocycles. The Bertz CT molecular complexity index is 312. The Morgan fingerprint density at radius 2 is 1.55 bits per heavy atom. The second-order valence-corrected chi connectivity index (χ2v) is 10.4. The summed E-state index contributed by atoms with van der Waals surface area (Å²) < 4.78 is 15.8. The molecule has 22 heavy (non-hydrogen) atoms. The molecule has 1 atom stereocenters. The number of carbonyl (C=O) groups is 2. The normalized spacial score (nSPS) is 12.2. The van der Waals surface area contributed by atoms with Gasteiger partial charge in [-0.3, -0.25) is 9.59 Å². The van der Waals surface area contributed by atoms with Gasteiger partial charge in [-0.1, -0.05) is 14.4 Å². The molecule has 0 aromatic heterocycles. The summed E-state index contributed by atoms with van der Waals surface area (Å²) in [6.07, 6.45) is 2.78. The molecule has 5 nitrogen and oxygen atoms in total.